The van der Waals surface area contributed by atoms with Crippen LogP contribution < -0.4 is 10.1 Å². The molecule has 1 saturated carbocycles. The fraction of sp³-hybridized carbons (Fsp3) is 0.421. The summed E-state index contributed by atoms with van der Waals surface area (Å²) in [7, 11) is 1.61. The van der Waals surface area contributed by atoms with Gasteiger partial charge in [-0.15, -0.1) is 0 Å². The van der Waals surface area contributed by atoms with E-state index in [9.17, 15) is 4.79 Å². The SMILES string of the molecule is COc1ccc(-c2nonc2NC(=O)C2C(C=C(C)C)C2(C)C)cc1. The molecule has 1 heterocycles. The summed E-state index contributed by atoms with van der Waals surface area (Å²) in [6.45, 7) is 8.30. The number of amides is 1. The number of carbonyl (C=O) groups is 1. The highest BCUT2D eigenvalue weighted by molar-refractivity contribution is 5.97. The minimum absolute atomic E-state index is 0.0568. The summed E-state index contributed by atoms with van der Waals surface area (Å²) < 4.78 is 10.00. The molecule has 0 radical (unpaired) electrons. The van der Waals surface area contributed by atoms with Gasteiger partial charge in [-0.3, -0.25) is 4.79 Å². The molecule has 1 aliphatic carbocycles. The number of nitrogens with zero attached hydrogens (tertiary/aromatic N) is 2. The van der Waals surface area contributed by atoms with Gasteiger partial charge in [-0.2, -0.15) is 0 Å². The van der Waals surface area contributed by atoms with Crippen molar-refractivity contribution in [3.05, 3.63) is 35.9 Å². The quantitative estimate of drug-likeness (QED) is 0.834. The molecule has 1 amide bonds. The lowest BCUT2D eigenvalue weighted by atomic mass is 10.1. The Kier molecular flexibility index (Phi) is 4.37. The third-order valence-corrected chi connectivity index (χ3v) is 4.80. The highest BCUT2D eigenvalue weighted by atomic mass is 16.6. The molecule has 1 N–H and O–H groups in total. The average molecular weight is 341 g/mol. The van der Waals surface area contributed by atoms with E-state index in [0.29, 0.717) is 11.5 Å². The Morgan fingerprint density at radius 1 is 1.24 bits per heavy atom. The van der Waals surface area contributed by atoms with Crippen molar-refractivity contribution >= 4 is 11.7 Å². The number of benzene rings is 1. The second-order valence-electron chi connectivity index (χ2n) is 7.25. The number of rotatable bonds is 5. The standard InChI is InChI=1S/C19H23N3O3/c1-11(2)10-14-15(19(14,3)4)18(23)20-17-16(21-25-22-17)12-6-8-13(24-5)9-7-12/h6-10,14-15H,1-5H3,(H,20,22,23). The first kappa shape index (κ1) is 17.2. The minimum atomic E-state index is -0.0807. The highest BCUT2D eigenvalue weighted by Crippen LogP contribution is 2.59. The average Bonchev–Trinajstić information content (AvgIpc) is 2.90. The zero-order valence-electron chi connectivity index (χ0n) is 15.2. The fourth-order valence-corrected chi connectivity index (χ4v) is 3.25. The fourth-order valence-electron chi connectivity index (χ4n) is 3.25. The molecule has 2 unspecified atom stereocenters. The summed E-state index contributed by atoms with van der Waals surface area (Å²) >= 11 is 0. The molecule has 6 nitrogen and oxygen atoms in total. The van der Waals surface area contributed by atoms with Crippen LogP contribution in [-0.2, 0) is 4.79 Å². The number of allylic oxidation sites excluding steroid dienone is 2. The van der Waals surface area contributed by atoms with E-state index in [4.69, 9.17) is 9.37 Å². The van der Waals surface area contributed by atoms with Crippen LogP contribution in [-0.4, -0.2) is 23.3 Å². The first-order valence-corrected chi connectivity index (χ1v) is 8.27. The van der Waals surface area contributed by atoms with Crippen LogP contribution >= 0.6 is 0 Å². The van der Waals surface area contributed by atoms with Gasteiger partial charge in [0.15, 0.2) is 5.69 Å². The van der Waals surface area contributed by atoms with Crippen molar-refractivity contribution in [3.8, 4) is 17.0 Å². The van der Waals surface area contributed by atoms with Crippen molar-refractivity contribution in [3.63, 3.8) is 0 Å². The van der Waals surface area contributed by atoms with E-state index in [2.05, 4.69) is 35.6 Å². The molecular formula is C19H23N3O3. The van der Waals surface area contributed by atoms with Crippen LogP contribution in [0.3, 0.4) is 0 Å². The van der Waals surface area contributed by atoms with Gasteiger partial charge in [-0.25, -0.2) is 4.63 Å². The number of carbonyl (C=O) groups excluding carboxylic acids is 1. The minimum Gasteiger partial charge on any atom is -0.497 e. The molecule has 1 aliphatic rings. The van der Waals surface area contributed by atoms with Gasteiger partial charge >= 0.3 is 0 Å². The number of hydrogen-bond donors (Lipinski definition) is 1. The van der Waals surface area contributed by atoms with Crippen LogP contribution in [0.1, 0.15) is 27.7 Å². The Hall–Kier alpha value is -2.63. The molecule has 25 heavy (non-hydrogen) atoms. The Labute approximate surface area is 147 Å². The van der Waals surface area contributed by atoms with E-state index in [1.807, 2.05) is 38.1 Å². The van der Waals surface area contributed by atoms with Gasteiger partial charge < -0.3 is 10.1 Å². The van der Waals surface area contributed by atoms with Crippen molar-refractivity contribution in [2.75, 3.05) is 12.4 Å². The first-order chi connectivity index (χ1) is 11.8. The topological polar surface area (TPSA) is 77.2 Å². The molecule has 6 heteroatoms. The third kappa shape index (κ3) is 3.29. The van der Waals surface area contributed by atoms with Crippen LogP contribution in [0, 0.1) is 17.3 Å². The summed E-state index contributed by atoms with van der Waals surface area (Å²) in [5.74, 6) is 1.19. The highest BCUT2D eigenvalue weighted by Gasteiger charge is 2.60. The summed E-state index contributed by atoms with van der Waals surface area (Å²) in [4.78, 5) is 12.7. The molecule has 3 rings (SSSR count). The molecule has 2 aromatic rings. The number of anilines is 1. The van der Waals surface area contributed by atoms with Gasteiger partial charge in [0.1, 0.15) is 5.75 Å². The zero-order chi connectivity index (χ0) is 18.2. The predicted octanol–water partition coefficient (Wildman–Crippen LogP) is 3.92. The van der Waals surface area contributed by atoms with Crippen molar-refractivity contribution in [1.29, 1.82) is 0 Å². The van der Waals surface area contributed by atoms with E-state index in [1.165, 1.54) is 5.57 Å². The number of aromatic nitrogens is 2. The lowest BCUT2D eigenvalue weighted by Crippen LogP contribution is -2.17. The number of nitrogens with one attached hydrogen (secondary N) is 1. The van der Waals surface area contributed by atoms with Gasteiger partial charge in [-0.05, 0) is 59.8 Å². The van der Waals surface area contributed by atoms with Crippen molar-refractivity contribution in [1.82, 2.24) is 10.3 Å². The molecule has 2 atom stereocenters. The molecule has 0 aliphatic heterocycles. The van der Waals surface area contributed by atoms with Crippen molar-refractivity contribution < 1.29 is 14.2 Å². The van der Waals surface area contributed by atoms with Crippen LogP contribution in [0.4, 0.5) is 5.82 Å². The maximum Gasteiger partial charge on any atom is 0.229 e. The Morgan fingerprint density at radius 3 is 2.52 bits per heavy atom. The van der Waals surface area contributed by atoms with Crippen LogP contribution in [0.2, 0.25) is 0 Å². The molecule has 1 fully saturated rings. The van der Waals surface area contributed by atoms with Crippen LogP contribution in [0.5, 0.6) is 5.75 Å². The monoisotopic (exact) mass is 341 g/mol. The summed E-state index contributed by atoms with van der Waals surface area (Å²) in [5, 5.41) is 10.7. The van der Waals surface area contributed by atoms with Crippen molar-refractivity contribution in [2.45, 2.75) is 27.7 Å². The number of methoxy groups -OCH3 is 1. The molecular weight excluding hydrogens is 318 g/mol. The largest absolute Gasteiger partial charge is 0.497 e. The molecule has 0 bridgehead atoms. The van der Waals surface area contributed by atoms with Crippen LogP contribution in [0.25, 0.3) is 11.3 Å². The van der Waals surface area contributed by atoms with Gasteiger partial charge in [0.2, 0.25) is 11.7 Å². The molecule has 1 aromatic carbocycles. The van der Waals surface area contributed by atoms with E-state index < -0.39 is 0 Å². The lowest BCUT2D eigenvalue weighted by molar-refractivity contribution is -0.118. The molecule has 1 aromatic heterocycles. The van der Waals surface area contributed by atoms with E-state index in [1.54, 1.807) is 7.11 Å². The second kappa shape index (κ2) is 6.35. The smallest absolute Gasteiger partial charge is 0.229 e. The predicted molar refractivity (Wildman–Crippen MR) is 95.1 cm³/mol. The van der Waals surface area contributed by atoms with Gasteiger partial charge in [0, 0.05) is 5.56 Å². The maximum atomic E-state index is 12.7. The van der Waals surface area contributed by atoms with Gasteiger partial charge in [-0.1, -0.05) is 25.5 Å². The van der Waals surface area contributed by atoms with E-state index >= 15 is 0 Å². The Balaban J connectivity index is 1.77. The third-order valence-electron chi connectivity index (χ3n) is 4.80. The number of hydrogen-bond acceptors (Lipinski definition) is 5. The van der Waals surface area contributed by atoms with E-state index in [-0.39, 0.29) is 23.2 Å². The summed E-state index contributed by atoms with van der Waals surface area (Å²) in [6, 6.07) is 7.34. The van der Waals surface area contributed by atoms with Crippen LogP contribution in [0.15, 0.2) is 40.5 Å². The van der Waals surface area contributed by atoms with Crippen molar-refractivity contribution in [2.24, 2.45) is 17.3 Å². The van der Waals surface area contributed by atoms with Gasteiger partial charge in [0.05, 0.1) is 13.0 Å². The summed E-state index contributed by atoms with van der Waals surface area (Å²) in [6.07, 6.45) is 2.16. The maximum absolute atomic E-state index is 12.7. The normalized spacial score (nSPS) is 20.7. The zero-order valence-corrected chi connectivity index (χ0v) is 15.2. The van der Waals surface area contributed by atoms with Gasteiger partial charge in [0.25, 0.3) is 0 Å². The summed E-state index contributed by atoms with van der Waals surface area (Å²) in [5.41, 5.74) is 2.47. The molecule has 0 saturated heterocycles. The first-order valence-electron chi connectivity index (χ1n) is 8.27. The molecule has 132 valence electrons. The molecule has 0 spiro atoms. The Bertz CT molecular complexity index is 802. The number of ether oxygens (including phenoxy) is 1. The van der Waals surface area contributed by atoms with E-state index in [0.717, 1.165) is 11.3 Å². The lowest BCUT2D eigenvalue weighted by Gasteiger charge is -2.05. The second-order valence-corrected chi connectivity index (χ2v) is 7.25. The Morgan fingerprint density at radius 2 is 1.92 bits per heavy atom.